The zero-order valence-corrected chi connectivity index (χ0v) is 16.0. The van der Waals surface area contributed by atoms with Gasteiger partial charge in [-0.3, -0.25) is 9.59 Å². The highest BCUT2D eigenvalue weighted by Gasteiger charge is 2.37. The molecule has 0 spiro atoms. The number of hydrazone groups is 1. The van der Waals surface area contributed by atoms with Gasteiger partial charge in [0.1, 0.15) is 11.5 Å². The summed E-state index contributed by atoms with van der Waals surface area (Å²) in [6.07, 6.45) is 1.46. The van der Waals surface area contributed by atoms with E-state index >= 15 is 0 Å². The van der Waals surface area contributed by atoms with E-state index in [1.54, 1.807) is 7.11 Å². The van der Waals surface area contributed by atoms with Gasteiger partial charge in [-0.2, -0.15) is 5.10 Å². The minimum Gasteiger partial charge on any atom is -0.497 e. The molecule has 0 unspecified atom stereocenters. The zero-order valence-electron chi connectivity index (χ0n) is 15.2. The molecule has 0 saturated carbocycles. The molecule has 0 aliphatic carbocycles. The molecule has 1 N–H and O–H groups in total. The van der Waals surface area contributed by atoms with E-state index in [1.165, 1.54) is 5.01 Å². The van der Waals surface area contributed by atoms with E-state index in [0.29, 0.717) is 19.4 Å². The predicted molar refractivity (Wildman–Crippen MR) is 100 cm³/mol. The van der Waals surface area contributed by atoms with E-state index in [4.69, 9.17) is 4.74 Å². The van der Waals surface area contributed by atoms with Crippen LogP contribution in [0.5, 0.6) is 5.75 Å². The molecule has 1 saturated heterocycles. The Morgan fingerprint density at radius 1 is 1.30 bits per heavy atom. The molecule has 2 amide bonds. The largest absolute Gasteiger partial charge is 0.497 e. The minimum atomic E-state index is -3.13. The lowest BCUT2D eigenvalue weighted by Gasteiger charge is -2.27. The van der Waals surface area contributed by atoms with Crippen LogP contribution in [-0.2, 0) is 25.8 Å². The molecule has 1 aromatic carbocycles. The van der Waals surface area contributed by atoms with Crippen molar-refractivity contribution >= 4 is 27.4 Å². The number of methoxy groups -OCH3 is 1. The zero-order chi connectivity index (χ0) is 19.4. The Morgan fingerprint density at radius 2 is 2.04 bits per heavy atom. The number of ether oxygens (including phenoxy) is 1. The number of rotatable bonds is 6. The summed E-state index contributed by atoms with van der Waals surface area (Å²) in [6.45, 7) is 0.440. The molecule has 8 nitrogen and oxygen atoms in total. The molecule has 1 aromatic rings. The van der Waals surface area contributed by atoms with Crippen LogP contribution in [0.15, 0.2) is 29.4 Å². The summed E-state index contributed by atoms with van der Waals surface area (Å²) < 4.78 is 28.4. The Balaban J connectivity index is 1.56. The third kappa shape index (κ3) is 4.85. The topological polar surface area (TPSA) is 105 Å². The third-order valence-electron chi connectivity index (χ3n) is 4.73. The molecule has 0 aromatic heterocycles. The van der Waals surface area contributed by atoms with Crippen molar-refractivity contribution in [1.82, 2.24) is 10.3 Å². The summed E-state index contributed by atoms with van der Waals surface area (Å²) in [6, 6.07) is 7.13. The van der Waals surface area contributed by atoms with E-state index in [-0.39, 0.29) is 41.9 Å². The van der Waals surface area contributed by atoms with Gasteiger partial charge in [0.15, 0.2) is 9.84 Å². The Hall–Kier alpha value is -2.42. The number of nitrogens with zero attached hydrogens (tertiary/aromatic N) is 2. The molecule has 2 aliphatic heterocycles. The molecule has 27 heavy (non-hydrogen) atoms. The van der Waals surface area contributed by atoms with Crippen LogP contribution in [0.2, 0.25) is 0 Å². The second-order valence-corrected chi connectivity index (χ2v) is 8.92. The first kappa shape index (κ1) is 19.3. The Labute approximate surface area is 158 Å². The Bertz CT molecular complexity index is 848. The van der Waals surface area contributed by atoms with Crippen LogP contribution in [0.4, 0.5) is 0 Å². The normalized spacial score (nSPS) is 21.7. The lowest BCUT2D eigenvalue weighted by Crippen LogP contribution is -2.44. The number of benzene rings is 1. The number of hydrogen-bond donors (Lipinski definition) is 1. The van der Waals surface area contributed by atoms with Gasteiger partial charge in [0, 0.05) is 19.4 Å². The van der Waals surface area contributed by atoms with E-state index in [1.807, 2.05) is 24.3 Å². The molecule has 0 radical (unpaired) electrons. The van der Waals surface area contributed by atoms with Crippen molar-refractivity contribution in [3.05, 3.63) is 29.8 Å². The monoisotopic (exact) mass is 393 g/mol. The first-order chi connectivity index (χ1) is 12.9. The van der Waals surface area contributed by atoms with Crippen molar-refractivity contribution in [2.45, 2.75) is 31.7 Å². The first-order valence-electron chi connectivity index (χ1n) is 8.89. The minimum absolute atomic E-state index is 0.0559. The fourth-order valence-electron chi connectivity index (χ4n) is 3.20. The summed E-state index contributed by atoms with van der Waals surface area (Å²) in [5.41, 5.74) is 1.34. The number of nitrogens with one attached hydrogen (secondary N) is 1. The number of hydrogen-bond acceptors (Lipinski definition) is 6. The number of carbonyl (C=O) groups is 2. The highest BCUT2D eigenvalue weighted by Crippen LogP contribution is 2.22. The third-order valence-corrected chi connectivity index (χ3v) is 6.48. The standard InChI is InChI=1S/C18H23N3O5S/c1-26-15-4-2-13(3-5-15)8-10-19-18(23)16-6-7-17(22)21(20-16)14-9-11-27(24,25)12-14/h2-5,14H,6-12H2,1H3,(H,19,23)/t14-/m0/s1. The van der Waals surface area contributed by atoms with E-state index < -0.39 is 15.9 Å². The molecular formula is C18H23N3O5S. The van der Waals surface area contributed by atoms with Crippen molar-refractivity contribution in [2.24, 2.45) is 5.10 Å². The van der Waals surface area contributed by atoms with Crippen LogP contribution in [0.3, 0.4) is 0 Å². The van der Waals surface area contributed by atoms with E-state index in [9.17, 15) is 18.0 Å². The Kier molecular flexibility index (Phi) is 5.79. The molecule has 2 heterocycles. The van der Waals surface area contributed by atoms with Crippen molar-refractivity contribution in [1.29, 1.82) is 0 Å². The second kappa shape index (κ2) is 8.08. The molecule has 1 atom stereocenters. The summed E-state index contributed by atoms with van der Waals surface area (Å²) in [5.74, 6) is 0.196. The van der Waals surface area contributed by atoms with Gasteiger partial charge in [-0.15, -0.1) is 0 Å². The van der Waals surface area contributed by atoms with Gasteiger partial charge in [0.25, 0.3) is 5.91 Å². The molecule has 2 aliphatic rings. The van der Waals surface area contributed by atoms with E-state index in [2.05, 4.69) is 10.4 Å². The van der Waals surface area contributed by atoms with Crippen LogP contribution >= 0.6 is 0 Å². The fraction of sp³-hybridized carbons (Fsp3) is 0.500. The fourth-order valence-corrected chi connectivity index (χ4v) is 4.89. The maximum absolute atomic E-state index is 12.4. The quantitative estimate of drug-likeness (QED) is 0.759. The maximum Gasteiger partial charge on any atom is 0.267 e. The molecular weight excluding hydrogens is 370 g/mol. The second-order valence-electron chi connectivity index (χ2n) is 6.70. The van der Waals surface area contributed by atoms with Crippen molar-refractivity contribution < 1.29 is 22.7 Å². The number of sulfone groups is 1. The van der Waals surface area contributed by atoms with Gasteiger partial charge in [0.2, 0.25) is 5.91 Å². The molecule has 3 rings (SSSR count). The number of amides is 2. The van der Waals surface area contributed by atoms with Gasteiger partial charge in [0.05, 0.1) is 24.7 Å². The highest BCUT2D eigenvalue weighted by molar-refractivity contribution is 7.91. The van der Waals surface area contributed by atoms with Crippen LogP contribution in [-0.4, -0.2) is 62.2 Å². The van der Waals surface area contributed by atoms with Crippen LogP contribution in [0.25, 0.3) is 0 Å². The summed E-state index contributed by atoms with van der Waals surface area (Å²) in [7, 11) is -1.52. The summed E-state index contributed by atoms with van der Waals surface area (Å²) in [4.78, 5) is 24.5. The predicted octanol–water partition coefficient (Wildman–Crippen LogP) is 0.519. The molecule has 0 bridgehead atoms. The van der Waals surface area contributed by atoms with Crippen LogP contribution in [0.1, 0.15) is 24.8 Å². The summed E-state index contributed by atoms with van der Waals surface area (Å²) >= 11 is 0. The average molecular weight is 393 g/mol. The van der Waals surface area contributed by atoms with Crippen molar-refractivity contribution in [3.63, 3.8) is 0 Å². The first-order valence-corrected chi connectivity index (χ1v) is 10.7. The van der Waals surface area contributed by atoms with Gasteiger partial charge >= 0.3 is 0 Å². The summed E-state index contributed by atoms with van der Waals surface area (Å²) in [5, 5.41) is 8.18. The van der Waals surface area contributed by atoms with Crippen molar-refractivity contribution in [2.75, 3.05) is 25.2 Å². The van der Waals surface area contributed by atoms with E-state index in [0.717, 1.165) is 11.3 Å². The smallest absolute Gasteiger partial charge is 0.267 e. The van der Waals surface area contributed by atoms with Gasteiger partial charge in [-0.1, -0.05) is 12.1 Å². The molecule has 1 fully saturated rings. The van der Waals surface area contributed by atoms with Gasteiger partial charge < -0.3 is 10.1 Å². The maximum atomic E-state index is 12.4. The highest BCUT2D eigenvalue weighted by atomic mass is 32.2. The molecule has 146 valence electrons. The van der Waals surface area contributed by atoms with Crippen molar-refractivity contribution in [3.8, 4) is 5.75 Å². The lowest BCUT2D eigenvalue weighted by atomic mass is 10.1. The van der Waals surface area contributed by atoms with Gasteiger partial charge in [-0.05, 0) is 30.5 Å². The SMILES string of the molecule is COc1ccc(CCNC(=O)C2=NN([C@H]3CCS(=O)(=O)C3)C(=O)CC2)cc1. The average Bonchev–Trinajstić information content (AvgIpc) is 3.02. The van der Waals surface area contributed by atoms with Gasteiger partial charge in [-0.25, -0.2) is 13.4 Å². The molecule has 9 heteroatoms. The van der Waals surface area contributed by atoms with Crippen LogP contribution in [0, 0.1) is 0 Å². The Morgan fingerprint density at radius 3 is 2.67 bits per heavy atom. The van der Waals surface area contributed by atoms with Crippen LogP contribution < -0.4 is 10.1 Å². The number of carbonyl (C=O) groups excluding carboxylic acids is 2. The lowest BCUT2D eigenvalue weighted by molar-refractivity contribution is -0.133.